The second-order valence-corrected chi connectivity index (χ2v) is 5.20. The Morgan fingerprint density at radius 3 is 2.70 bits per heavy atom. The molecule has 1 aromatic rings. The number of piperazine rings is 1. The largest absolute Gasteiger partial charge is 0.343 e. The van der Waals surface area contributed by atoms with Gasteiger partial charge in [-0.2, -0.15) is 5.10 Å². The van der Waals surface area contributed by atoms with Gasteiger partial charge in [0.2, 0.25) is 11.8 Å². The van der Waals surface area contributed by atoms with Crippen molar-refractivity contribution in [3.05, 3.63) is 18.0 Å². The Morgan fingerprint density at radius 1 is 1.35 bits per heavy atom. The smallest absolute Gasteiger partial charge is 0.246 e. The maximum absolute atomic E-state index is 12.4. The van der Waals surface area contributed by atoms with Gasteiger partial charge in [-0.25, -0.2) is 0 Å². The van der Waals surface area contributed by atoms with Crippen molar-refractivity contribution in [3.8, 4) is 0 Å². The average molecular weight is 278 g/mol. The van der Waals surface area contributed by atoms with Crippen LogP contribution < -0.4 is 5.32 Å². The van der Waals surface area contributed by atoms with Crippen LogP contribution in [0.1, 0.15) is 39.2 Å². The van der Waals surface area contributed by atoms with Crippen molar-refractivity contribution in [2.24, 2.45) is 0 Å². The molecule has 2 rings (SSSR count). The second kappa shape index (κ2) is 6.07. The molecule has 1 aliphatic heterocycles. The van der Waals surface area contributed by atoms with E-state index in [1.807, 2.05) is 24.7 Å². The highest BCUT2D eigenvalue weighted by Crippen LogP contribution is 2.16. The normalized spacial score (nSPS) is 23.1. The summed E-state index contributed by atoms with van der Waals surface area (Å²) < 4.78 is 1.82. The van der Waals surface area contributed by atoms with Gasteiger partial charge in [0.05, 0.1) is 6.20 Å². The molecule has 2 heterocycles. The van der Waals surface area contributed by atoms with Crippen LogP contribution in [-0.2, 0) is 22.7 Å². The van der Waals surface area contributed by atoms with E-state index in [2.05, 4.69) is 10.4 Å². The molecule has 0 spiro atoms. The van der Waals surface area contributed by atoms with Crippen LogP contribution in [0, 0.1) is 0 Å². The molecule has 2 amide bonds. The van der Waals surface area contributed by atoms with Crippen molar-refractivity contribution in [2.75, 3.05) is 0 Å². The second-order valence-electron chi connectivity index (χ2n) is 5.20. The Hall–Kier alpha value is -1.85. The number of hydrogen-bond donors (Lipinski definition) is 1. The zero-order chi connectivity index (χ0) is 14.7. The van der Waals surface area contributed by atoms with Crippen LogP contribution >= 0.6 is 0 Å². The number of nitrogens with one attached hydrogen (secondary N) is 1. The Labute approximate surface area is 119 Å². The number of rotatable bonds is 5. The number of nitrogens with zero attached hydrogens (tertiary/aromatic N) is 3. The molecule has 0 aromatic carbocycles. The monoisotopic (exact) mass is 278 g/mol. The van der Waals surface area contributed by atoms with Gasteiger partial charge in [-0.1, -0.05) is 13.3 Å². The molecule has 0 bridgehead atoms. The van der Waals surface area contributed by atoms with Gasteiger partial charge in [0.1, 0.15) is 12.1 Å². The predicted octanol–water partition coefficient (Wildman–Crippen LogP) is 0.919. The average Bonchev–Trinajstić information content (AvgIpc) is 2.89. The van der Waals surface area contributed by atoms with E-state index in [1.54, 1.807) is 18.0 Å². The van der Waals surface area contributed by atoms with Crippen LogP contribution in [0.25, 0.3) is 0 Å². The number of amides is 2. The van der Waals surface area contributed by atoms with Gasteiger partial charge in [-0.15, -0.1) is 0 Å². The summed E-state index contributed by atoms with van der Waals surface area (Å²) in [5, 5.41) is 7.00. The lowest BCUT2D eigenvalue weighted by molar-refractivity contribution is -0.149. The minimum absolute atomic E-state index is 0.00296. The maximum atomic E-state index is 12.4. The van der Waals surface area contributed by atoms with Crippen LogP contribution in [0.2, 0.25) is 0 Å². The van der Waals surface area contributed by atoms with Gasteiger partial charge in [-0.05, 0) is 20.3 Å². The number of carbonyl (C=O) groups is 2. The first kappa shape index (κ1) is 14.6. The number of aryl methyl sites for hydroxylation is 1. The number of carbonyl (C=O) groups excluding carboxylic acids is 2. The summed E-state index contributed by atoms with van der Waals surface area (Å²) in [6, 6.07) is -0.814. The van der Waals surface area contributed by atoms with Gasteiger partial charge in [0.15, 0.2) is 0 Å². The van der Waals surface area contributed by atoms with Crippen LogP contribution in [0.3, 0.4) is 0 Å². The van der Waals surface area contributed by atoms with E-state index in [9.17, 15) is 9.59 Å². The van der Waals surface area contributed by atoms with E-state index in [0.717, 1.165) is 18.5 Å². The molecule has 6 heteroatoms. The molecule has 1 aliphatic rings. The quantitative estimate of drug-likeness (QED) is 0.871. The molecule has 0 saturated carbocycles. The van der Waals surface area contributed by atoms with Crippen molar-refractivity contribution in [1.29, 1.82) is 0 Å². The third-order valence-corrected chi connectivity index (χ3v) is 3.69. The molecule has 20 heavy (non-hydrogen) atoms. The van der Waals surface area contributed by atoms with E-state index >= 15 is 0 Å². The van der Waals surface area contributed by atoms with E-state index in [0.29, 0.717) is 13.0 Å². The van der Waals surface area contributed by atoms with E-state index in [-0.39, 0.29) is 17.9 Å². The zero-order valence-corrected chi connectivity index (χ0v) is 12.3. The Balaban J connectivity index is 2.14. The Bertz CT molecular complexity index is 497. The maximum Gasteiger partial charge on any atom is 0.246 e. The number of aromatic nitrogens is 2. The van der Waals surface area contributed by atoms with Crippen molar-refractivity contribution >= 4 is 11.8 Å². The molecule has 1 aromatic heterocycles. The van der Waals surface area contributed by atoms with Gasteiger partial charge in [-0.3, -0.25) is 14.3 Å². The molecule has 2 unspecified atom stereocenters. The van der Waals surface area contributed by atoms with Crippen LogP contribution in [0.4, 0.5) is 0 Å². The standard InChI is InChI=1S/C14H22N4O2/c1-4-6-12-14(20)18(10(3)13(19)16-12)9-11-7-15-17(5-2)8-11/h7-8,10,12H,4-6,9H2,1-3H3,(H,16,19). The summed E-state index contributed by atoms with van der Waals surface area (Å²) in [5.74, 6) is -0.0749. The van der Waals surface area contributed by atoms with Gasteiger partial charge in [0, 0.05) is 24.8 Å². The molecule has 6 nitrogen and oxygen atoms in total. The molecule has 2 atom stereocenters. The highest BCUT2D eigenvalue weighted by atomic mass is 16.2. The predicted molar refractivity (Wildman–Crippen MR) is 74.8 cm³/mol. The third kappa shape index (κ3) is 2.84. The molecular formula is C14H22N4O2. The first-order chi connectivity index (χ1) is 9.56. The van der Waals surface area contributed by atoms with Crippen molar-refractivity contribution < 1.29 is 9.59 Å². The lowest BCUT2D eigenvalue weighted by Gasteiger charge is -2.37. The van der Waals surface area contributed by atoms with Gasteiger partial charge in [0.25, 0.3) is 0 Å². The minimum Gasteiger partial charge on any atom is -0.343 e. The SMILES string of the molecule is CCCC1NC(=O)C(C)N(Cc2cnn(CC)c2)C1=O. The lowest BCUT2D eigenvalue weighted by atomic mass is 10.0. The molecule has 1 fully saturated rings. The van der Waals surface area contributed by atoms with Crippen LogP contribution in [-0.4, -0.2) is 38.6 Å². The van der Waals surface area contributed by atoms with Crippen LogP contribution in [0.5, 0.6) is 0 Å². The van der Waals surface area contributed by atoms with Gasteiger partial charge < -0.3 is 10.2 Å². The summed E-state index contributed by atoms with van der Waals surface area (Å²) in [7, 11) is 0. The Morgan fingerprint density at radius 2 is 2.10 bits per heavy atom. The topological polar surface area (TPSA) is 67.2 Å². The summed E-state index contributed by atoms with van der Waals surface area (Å²) in [4.78, 5) is 26.0. The molecule has 0 aliphatic carbocycles. The highest BCUT2D eigenvalue weighted by Gasteiger charge is 2.37. The summed E-state index contributed by atoms with van der Waals surface area (Å²) >= 11 is 0. The Kier molecular flexibility index (Phi) is 4.42. The number of hydrogen-bond acceptors (Lipinski definition) is 3. The lowest BCUT2D eigenvalue weighted by Crippen LogP contribution is -2.61. The van der Waals surface area contributed by atoms with Crippen molar-refractivity contribution in [3.63, 3.8) is 0 Å². The van der Waals surface area contributed by atoms with Crippen molar-refractivity contribution in [1.82, 2.24) is 20.0 Å². The first-order valence-corrected chi connectivity index (χ1v) is 7.19. The first-order valence-electron chi connectivity index (χ1n) is 7.19. The molecule has 0 radical (unpaired) electrons. The minimum atomic E-state index is -0.430. The highest BCUT2D eigenvalue weighted by molar-refractivity contribution is 5.96. The fourth-order valence-corrected chi connectivity index (χ4v) is 2.44. The third-order valence-electron chi connectivity index (χ3n) is 3.69. The van der Waals surface area contributed by atoms with Gasteiger partial charge >= 0.3 is 0 Å². The fourth-order valence-electron chi connectivity index (χ4n) is 2.44. The molecule has 1 N–H and O–H groups in total. The fraction of sp³-hybridized carbons (Fsp3) is 0.643. The summed E-state index contributed by atoms with van der Waals surface area (Å²) in [6.07, 6.45) is 5.22. The van der Waals surface area contributed by atoms with E-state index < -0.39 is 6.04 Å². The molecule has 1 saturated heterocycles. The van der Waals surface area contributed by atoms with Crippen LogP contribution in [0.15, 0.2) is 12.4 Å². The van der Waals surface area contributed by atoms with E-state index in [1.165, 1.54) is 0 Å². The molecular weight excluding hydrogens is 256 g/mol. The summed E-state index contributed by atoms with van der Waals surface area (Å²) in [5.41, 5.74) is 0.956. The molecule has 110 valence electrons. The van der Waals surface area contributed by atoms with Crippen molar-refractivity contribution in [2.45, 2.75) is 58.8 Å². The van der Waals surface area contributed by atoms with E-state index in [4.69, 9.17) is 0 Å². The summed E-state index contributed by atoms with van der Waals surface area (Å²) in [6.45, 7) is 7.01. The zero-order valence-electron chi connectivity index (χ0n) is 12.3.